The van der Waals surface area contributed by atoms with Gasteiger partial charge in [-0.1, -0.05) is 25.3 Å². The second-order valence-electron chi connectivity index (χ2n) is 1.90. The van der Waals surface area contributed by atoms with Gasteiger partial charge in [0.15, 0.2) is 0 Å². The first-order valence-corrected chi connectivity index (χ1v) is 2.89. The molecular weight excluding hydrogens is 108 g/mol. The molecule has 0 aromatic carbocycles. The van der Waals surface area contributed by atoms with Crippen molar-refractivity contribution in [3.63, 3.8) is 0 Å². The third-order valence-corrected chi connectivity index (χ3v) is 1.01. The maximum Gasteiger partial charge on any atom is -0.00945 e. The van der Waals surface area contributed by atoms with Crippen LogP contribution in [0.4, 0.5) is 0 Å². The molecule has 0 saturated heterocycles. The van der Waals surface area contributed by atoms with Gasteiger partial charge in [-0.25, -0.2) is 0 Å². The molecule has 0 aromatic heterocycles. The van der Waals surface area contributed by atoms with Crippen LogP contribution in [0.3, 0.4) is 0 Å². The summed E-state index contributed by atoms with van der Waals surface area (Å²) in [5, 5.41) is 0. The molecule has 0 heterocycles. The summed E-state index contributed by atoms with van der Waals surface area (Å²) in [4.78, 5) is 0. The Hall–Kier alpha value is -1.00. The van der Waals surface area contributed by atoms with E-state index in [9.17, 15) is 0 Å². The highest BCUT2D eigenvalue weighted by Crippen LogP contribution is 1.94. The molecule has 0 aromatic rings. The van der Waals surface area contributed by atoms with Crippen LogP contribution in [0.15, 0.2) is 42.2 Å². The van der Waals surface area contributed by atoms with E-state index in [0.717, 1.165) is 11.1 Å². The first-order valence-electron chi connectivity index (χ1n) is 2.89. The summed E-state index contributed by atoms with van der Waals surface area (Å²) in [5.74, 6) is 0. The highest BCUT2D eigenvalue weighted by molar-refractivity contribution is 5.20. The van der Waals surface area contributed by atoms with Gasteiger partial charge >= 0.3 is 0 Å². The van der Waals surface area contributed by atoms with E-state index in [2.05, 4.69) is 18.9 Å². The third kappa shape index (κ3) is 3.57. The van der Waals surface area contributed by atoms with Crippen LogP contribution < -0.4 is 0 Å². The lowest BCUT2D eigenvalue weighted by Gasteiger charge is -1.83. The van der Waals surface area contributed by atoms with Gasteiger partial charge in [0.05, 0.1) is 0 Å². The Morgan fingerprint density at radius 2 is 1.44 bits per heavy atom. The first kappa shape index (κ1) is 8.00. The Kier molecular flexibility index (Phi) is 3.50. The fourth-order valence-electron chi connectivity index (χ4n) is 0.413. The summed E-state index contributed by atoms with van der Waals surface area (Å²) in [5.41, 5.74) is 5.17. The molecule has 9 heavy (non-hydrogen) atoms. The lowest BCUT2D eigenvalue weighted by atomic mass is 10.2. The number of hydrogen-bond acceptors (Lipinski definition) is 0. The second kappa shape index (κ2) is 3.94. The fraction of sp³-hybridized carbons (Fsp3) is 0.222. The molecule has 0 unspecified atom stereocenters. The Bertz CT molecular complexity index is 158. The van der Waals surface area contributed by atoms with Crippen molar-refractivity contribution < 1.29 is 0 Å². The van der Waals surface area contributed by atoms with E-state index in [4.69, 9.17) is 0 Å². The summed E-state index contributed by atoms with van der Waals surface area (Å²) in [6.07, 6.45) is 3.54. The monoisotopic (exact) mass is 120 g/mol. The van der Waals surface area contributed by atoms with Gasteiger partial charge in [-0.05, 0) is 25.0 Å². The molecule has 0 aliphatic carbocycles. The van der Waals surface area contributed by atoms with Crippen molar-refractivity contribution in [1.29, 1.82) is 0 Å². The molecular formula is C9H12. The van der Waals surface area contributed by atoms with Gasteiger partial charge in [-0.3, -0.25) is 0 Å². The minimum absolute atomic E-state index is 1.05. The highest BCUT2D eigenvalue weighted by atomic mass is 13.8. The van der Waals surface area contributed by atoms with Gasteiger partial charge in [0.2, 0.25) is 0 Å². The molecule has 0 radical (unpaired) electrons. The lowest BCUT2D eigenvalue weighted by molar-refractivity contribution is 1.48. The Labute approximate surface area is 56.9 Å². The summed E-state index contributed by atoms with van der Waals surface area (Å²) < 4.78 is 0. The van der Waals surface area contributed by atoms with Gasteiger partial charge in [0.1, 0.15) is 0 Å². The summed E-state index contributed by atoms with van der Waals surface area (Å²) in [7, 11) is 0. The number of hydrogen-bond donors (Lipinski definition) is 0. The second-order valence-corrected chi connectivity index (χ2v) is 1.90. The minimum Gasteiger partial charge on any atom is -0.114 e. The van der Waals surface area contributed by atoms with E-state index < -0.39 is 0 Å². The molecule has 0 heteroatoms. The molecule has 0 aliphatic rings. The summed E-state index contributed by atoms with van der Waals surface area (Å²) in [6, 6.07) is 0. The summed E-state index contributed by atoms with van der Waals surface area (Å²) >= 11 is 0. The zero-order valence-electron chi connectivity index (χ0n) is 6.07. The van der Waals surface area contributed by atoms with Gasteiger partial charge in [-0.2, -0.15) is 0 Å². The molecule has 0 N–H and O–H groups in total. The number of rotatable bonds is 2. The largest absolute Gasteiger partial charge is 0.114 e. The van der Waals surface area contributed by atoms with Crippen LogP contribution in [-0.2, 0) is 0 Å². The zero-order valence-corrected chi connectivity index (χ0v) is 6.07. The van der Waals surface area contributed by atoms with Crippen LogP contribution in [0.1, 0.15) is 13.8 Å². The Morgan fingerprint density at radius 3 is 1.67 bits per heavy atom. The van der Waals surface area contributed by atoms with E-state index in [1.54, 1.807) is 12.2 Å². The maximum absolute atomic E-state index is 3.60. The van der Waals surface area contributed by atoms with Crippen molar-refractivity contribution >= 4 is 0 Å². The van der Waals surface area contributed by atoms with E-state index in [1.807, 2.05) is 13.8 Å². The zero-order chi connectivity index (χ0) is 7.28. The van der Waals surface area contributed by atoms with E-state index in [1.165, 1.54) is 0 Å². The average Bonchev–Trinajstić information content (AvgIpc) is 1.87. The Morgan fingerprint density at radius 1 is 1.11 bits per heavy atom. The quantitative estimate of drug-likeness (QED) is 0.388. The van der Waals surface area contributed by atoms with Crippen LogP contribution in [0.5, 0.6) is 0 Å². The van der Waals surface area contributed by atoms with Gasteiger partial charge in [0.25, 0.3) is 0 Å². The first-order chi connectivity index (χ1) is 4.20. The van der Waals surface area contributed by atoms with Crippen molar-refractivity contribution in [1.82, 2.24) is 0 Å². The van der Waals surface area contributed by atoms with E-state index in [0.29, 0.717) is 0 Å². The standard InChI is InChI=1S/C9H12/c1-5-8(3)7-9(4)6-2/h5-6H,1-2H2,3-4H3. The Balaban J connectivity index is 4.56. The fourth-order valence-corrected chi connectivity index (χ4v) is 0.413. The molecule has 0 saturated carbocycles. The molecule has 0 nitrogen and oxygen atoms in total. The SMILES string of the molecule is C=CC(C)=C=C(C)C=C. The van der Waals surface area contributed by atoms with E-state index in [-0.39, 0.29) is 0 Å². The van der Waals surface area contributed by atoms with Crippen molar-refractivity contribution in [3.05, 3.63) is 42.2 Å². The van der Waals surface area contributed by atoms with Gasteiger partial charge in [-0.15, -0.1) is 5.73 Å². The predicted octanol–water partition coefficient (Wildman–Crippen LogP) is 2.85. The van der Waals surface area contributed by atoms with Gasteiger partial charge < -0.3 is 0 Å². The van der Waals surface area contributed by atoms with Crippen molar-refractivity contribution in [2.75, 3.05) is 0 Å². The van der Waals surface area contributed by atoms with Gasteiger partial charge in [0, 0.05) is 0 Å². The van der Waals surface area contributed by atoms with Crippen LogP contribution in [-0.4, -0.2) is 0 Å². The van der Waals surface area contributed by atoms with Crippen molar-refractivity contribution in [2.45, 2.75) is 13.8 Å². The van der Waals surface area contributed by atoms with Crippen molar-refractivity contribution in [2.24, 2.45) is 0 Å². The van der Waals surface area contributed by atoms with E-state index >= 15 is 0 Å². The average molecular weight is 120 g/mol. The lowest BCUT2D eigenvalue weighted by Crippen LogP contribution is -1.63. The molecule has 0 rings (SSSR count). The topological polar surface area (TPSA) is 0 Å². The molecule has 0 fully saturated rings. The predicted molar refractivity (Wildman–Crippen MR) is 42.3 cm³/mol. The normalized spacial score (nSPS) is 7.33. The highest BCUT2D eigenvalue weighted by Gasteiger charge is 1.75. The number of allylic oxidation sites excluding steroid dienone is 3. The van der Waals surface area contributed by atoms with Crippen LogP contribution in [0.25, 0.3) is 0 Å². The molecule has 0 spiro atoms. The molecule has 0 amide bonds. The summed E-state index contributed by atoms with van der Waals surface area (Å²) in [6.45, 7) is 11.1. The van der Waals surface area contributed by atoms with Crippen LogP contribution >= 0.6 is 0 Å². The maximum atomic E-state index is 3.60. The molecule has 48 valence electrons. The van der Waals surface area contributed by atoms with Crippen LogP contribution in [0.2, 0.25) is 0 Å². The minimum atomic E-state index is 1.05. The third-order valence-electron chi connectivity index (χ3n) is 1.01. The molecule has 0 atom stereocenters. The van der Waals surface area contributed by atoms with Crippen molar-refractivity contribution in [3.8, 4) is 0 Å². The molecule has 0 aliphatic heterocycles. The smallest absolute Gasteiger partial charge is 0.00945 e. The van der Waals surface area contributed by atoms with Crippen LogP contribution in [0, 0.1) is 0 Å². The molecule has 0 bridgehead atoms.